The first-order valence-electron chi connectivity index (χ1n) is 10.7. The van der Waals surface area contributed by atoms with Crippen molar-refractivity contribution < 1.29 is 22.4 Å². The monoisotopic (exact) mass is 500 g/mol. The van der Waals surface area contributed by atoms with E-state index in [0.29, 0.717) is 29.1 Å². The Hall–Kier alpha value is -3.07. The molecular formula is C25H22ClFN2O4S. The van der Waals surface area contributed by atoms with Crippen LogP contribution in [0.2, 0.25) is 5.02 Å². The second kappa shape index (κ2) is 10.0. The Balaban J connectivity index is 1.53. The molecule has 0 aromatic heterocycles. The third kappa shape index (κ3) is 5.19. The number of rotatable bonds is 6. The number of hydrogen-bond donors (Lipinski definition) is 1. The van der Waals surface area contributed by atoms with Crippen molar-refractivity contribution in [2.24, 2.45) is 5.92 Å². The molecule has 1 saturated heterocycles. The Morgan fingerprint density at radius 2 is 1.71 bits per heavy atom. The average molecular weight is 501 g/mol. The zero-order valence-electron chi connectivity index (χ0n) is 18.1. The molecule has 9 heteroatoms. The van der Waals surface area contributed by atoms with Crippen molar-refractivity contribution in [3.05, 3.63) is 94.8 Å². The van der Waals surface area contributed by atoms with E-state index in [1.807, 2.05) is 0 Å². The lowest BCUT2D eigenvalue weighted by Crippen LogP contribution is -2.43. The van der Waals surface area contributed by atoms with E-state index in [1.165, 1.54) is 22.5 Å². The number of amides is 1. The van der Waals surface area contributed by atoms with Gasteiger partial charge in [-0.3, -0.25) is 9.59 Å². The zero-order valence-corrected chi connectivity index (χ0v) is 19.7. The van der Waals surface area contributed by atoms with Gasteiger partial charge in [0, 0.05) is 29.2 Å². The van der Waals surface area contributed by atoms with Crippen LogP contribution in [-0.2, 0) is 14.8 Å². The first-order valence-corrected chi connectivity index (χ1v) is 12.5. The summed E-state index contributed by atoms with van der Waals surface area (Å²) in [5.41, 5.74) is 1.01. The number of sulfonamides is 1. The maximum atomic E-state index is 13.2. The fraction of sp³-hybridized carbons (Fsp3) is 0.200. The molecule has 3 aromatic rings. The van der Waals surface area contributed by atoms with Crippen molar-refractivity contribution in [1.82, 2.24) is 4.31 Å². The minimum Gasteiger partial charge on any atom is -0.325 e. The van der Waals surface area contributed by atoms with Gasteiger partial charge in [0.1, 0.15) is 5.82 Å². The number of nitrogens with zero attached hydrogens (tertiary/aromatic N) is 1. The molecule has 34 heavy (non-hydrogen) atoms. The second-order valence-electron chi connectivity index (χ2n) is 8.03. The molecular weight excluding hydrogens is 479 g/mol. The lowest BCUT2D eigenvalue weighted by atomic mass is 9.97. The first kappa shape index (κ1) is 24.1. The summed E-state index contributed by atoms with van der Waals surface area (Å²) in [6, 6.07) is 17.9. The minimum absolute atomic E-state index is 0.0128. The number of halogens is 2. The van der Waals surface area contributed by atoms with Gasteiger partial charge in [0.25, 0.3) is 0 Å². The van der Waals surface area contributed by atoms with E-state index in [4.69, 9.17) is 11.6 Å². The van der Waals surface area contributed by atoms with Crippen LogP contribution in [0.4, 0.5) is 10.1 Å². The van der Waals surface area contributed by atoms with Crippen molar-refractivity contribution in [2.45, 2.75) is 17.7 Å². The molecule has 1 aliphatic heterocycles. The number of nitrogens with one attached hydrogen (secondary N) is 1. The highest BCUT2D eigenvalue weighted by Crippen LogP contribution is 2.28. The average Bonchev–Trinajstić information content (AvgIpc) is 2.85. The molecule has 0 aliphatic carbocycles. The number of carbonyl (C=O) groups excluding carboxylic acids is 2. The maximum absolute atomic E-state index is 13.2. The van der Waals surface area contributed by atoms with Gasteiger partial charge in [-0.05, 0) is 55.3 Å². The van der Waals surface area contributed by atoms with Gasteiger partial charge >= 0.3 is 0 Å². The topological polar surface area (TPSA) is 83.6 Å². The van der Waals surface area contributed by atoms with Crippen molar-refractivity contribution in [1.29, 1.82) is 0 Å². The summed E-state index contributed by atoms with van der Waals surface area (Å²) in [6.07, 6.45) is 0.992. The number of benzene rings is 3. The van der Waals surface area contributed by atoms with Crippen LogP contribution in [0.5, 0.6) is 0 Å². The third-order valence-electron chi connectivity index (χ3n) is 5.73. The summed E-state index contributed by atoms with van der Waals surface area (Å²) >= 11 is 6.11. The van der Waals surface area contributed by atoms with E-state index >= 15 is 0 Å². The normalized spacial score (nSPS) is 16.7. The molecule has 6 nitrogen and oxygen atoms in total. The standard InChI is InChI=1S/C25H22ClFN2O4S/c26-19-8-13-23(22(15-19)24(30)17-5-2-1-3-6-17)28-25(31)18-7-4-14-29(16-18)34(32,33)21-11-9-20(27)10-12-21/h1-3,5-6,8-13,15,18H,4,7,14,16H2,(H,28,31). The van der Waals surface area contributed by atoms with E-state index in [2.05, 4.69) is 5.32 Å². The van der Waals surface area contributed by atoms with Gasteiger partial charge < -0.3 is 5.32 Å². The van der Waals surface area contributed by atoms with E-state index in [1.54, 1.807) is 42.5 Å². The van der Waals surface area contributed by atoms with Crippen LogP contribution in [0.3, 0.4) is 0 Å². The highest BCUT2D eigenvalue weighted by Gasteiger charge is 2.33. The molecule has 1 aliphatic rings. The summed E-state index contributed by atoms with van der Waals surface area (Å²) in [5.74, 6) is -1.82. The van der Waals surface area contributed by atoms with Crippen LogP contribution in [0.25, 0.3) is 0 Å². The molecule has 1 unspecified atom stereocenters. The highest BCUT2D eigenvalue weighted by atomic mass is 35.5. The fourth-order valence-corrected chi connectivity index (χ4v) is 5.62. The second-order valence-corrected chi connectivity index (χ2v) is 10.4. The lowest BCUT2D eigenvalue weighted by molar-refractivity contribution is -0.120. The maximum Gasteiger partial charge on any atom is 0.243 e. The smallest absolute Gasteiger partial charge is 0.243 e. The molecule has 176 valence electrons. The summed E-state index contributed by atoms with van der Waals surface area (Å²) in [6.45, 7) is 0.253. The quantitative estimate of drug-likeness (QED) is 0.495. The summed E-state index contributed by atoms with van der Waals surface area (Å²) in [7, 11) is -3.87. The van der Waals surface area contributed by atoms with Crippen molar-refractivity contribution in [3.8, 4) is 0 Å². The molecule has 0 bridgehead atoms. The number of ketones is 1. The number of carbonyl (C=O) groups is 2. The van der Waals surface area contributed by atoms with E-state index in [9.17, 15) is 22.4 Å². The molecule has 1 heterocycles. The molecule has 0 spiro atoms. The Labute approximate surface area is 202 Å². The van der Waals surface area contributed by atoms with Crippen LogP contribution >= 0.6 is 11.6 Å². The fourth-order valence-electron chi connectivity index (χ4n) is 3.92. The Morgan fingerprint density at radius 1 is 1.00 bits per heavy atom. The molecule has 1 amide bonds. The number of hydrogen-bond acceptors (Lipinski definition) is 4. The summed E-state index contributed by atoms with van der Waals surface area (Å²) < 4.78 is 40.4. The van der Waals surface area contributed by atoms with Gasteiger partial charge in [0.2, 0.25) is 15.9 Å². The van der Waals surface area contributed by atoms with E-state index in [0.717, 1.165) is 12.1 Å². The highest BCUT2D eigenvalue weighted by molar-refractivity contribution is 7.89. The first-order chi connectivity index (χ1) is 16.3. The lowest BCUT2D eigenvalue weighted by Gasteiger charge is -2.31. The summed E-state index contributed by atoms with van der Waals surface area (Å²) in [5, 5.41) is 3.14. The van der Waals surface area contributed by atoms with Gasteiger partial charge in [-0.15, -0.1) is 0 Å². The van der Waals surface area contributed by atoms with Gasteiger partial charge in [0.05, 0.1) is 16.5 Å². The zero-order chi connectivity index (χ0) is 24.3. The SMILES string of the molecule is O=C(c1ccccc1)c1cc(Cl)ccc1NC(=O)C1CCCN(S(=O)(=O)c2ccc(F)cc2)C1. The molecule has 3 aromatic carbocycles. The predicted octanol–water partition coefficient (Wildman–Crippen LogP) is 4.75. The van der Waals surface area contributed by atoms with Crippen molar-refractivity contribution in [2.75, 3.05) is 18.4 Å². The van der Waals surface area contributed by atoms with Crippen LogP contribution in [0, 0.1) is 11.7 Å². The van der Waals surface area contributed by atoms with Crippen molar-refractivity contribution >= 4 is 39.0 Å². The summed E-state index contributed by atoms with van der Waals surface area (Å²) in [4.78, 5) is 26.1. The van der Waals surface area contributed by atoms with E-state index < -0.39 is 21.8 Å². The molecule has 1 atom stereocenters. The van der Waals surface area contributed by atoms with Crippen LogP contribution in [-0.4, -0.2) is 37.5 Å². The van der Waals surface area contributed by atoms with Gasteiger partial charge in [0.15, 0.2) is 5.78 Å². The van der Waals surface area contributed by atoms with Gasteiger partial charge in [-0.1, -0.05) is 41.9 Å². The minimum atomic E-state index is -3.87. The Morgan fingerprint density at radius 3 is 2.41 bits per heavy atom. The predicted molar refractivity (Wildman–Crippen MR) is 128 cm³/mol. The Kier molecular flexibility index (Phi) is 7.11. The van der Waals surface area contributed by atoms with Crippen LogP contribution < -0.4 is 5.32 Å². The molecule has 1 N–H and O–H groups in total. The number of piperidine rings is 1. The molecule has 4 rings (SSSR count). The Bertz CT molecular complexity index is 1310. The third-order valence-corrected chi connectivity index (χ3v) is 7.84. The van der Waals surface area contributed by atoms with Gasteiger partial charge in [-0.2, -0.15) is 4.31 Å². The molecule has 1 fully saturated rings. The van der Waals surface area contributed by atoms with Gasteiger partial charge in [-0.25, -0.2) is 12.8 Å². The van der Waals surface area contributed by atoms with Crippen molar-refractivity contribution in [3.63, 3.8) is 0 Å². The molecule has 0 radical (unpaired) electrons. The van der Waals surface area contributed by atoms with Crippen LogP contribution in [0.1, 0.15) is 28.8 Å². The van der Waals surface area contributed by atoms with Crippen LogP contribution in [0.15, 0.2) is 77.7 Å². The van der Waals surface area contributed by atoms with E-state index in [-0.39, 0.29) is 35.2 Å². The largest absolute Gasteiger partial charge is 0.325 e. The number of anilines is 1. The molecule has 0 saturated carbocycles.